The molecule has 0 spiro atoms. The Kier molecular flexibility index (Phi) is 11.3. The first-order chi connectivity index (χ1) is 12.8. The van der Waals surface area contributed by atoms with E-state index in [1.54, 1.807) is 0 Å². The van der Waals surface area contributed by atoms with Crippen LogP contribution in [0.2, 0.25) is 0 Å². The third-order valence-electron chi connectivity index (χ3n) is 4.39. The molecule has 0 heterocycles. The van der Waals surface area contributed by atoms with Gasteiger partial charge in [0, 0.05) is 12.2 Å². The molecule has 2 rings (SSSR count). The Morgan fingerprint density at radius 2 is 1.22 bits per heavy atom. The molecule has 8 heteroatoms. The molecule has 2 N–H and O–H groups in total. The highest BCUT2D eigenvalue weighted by Crippen LogP contribution is 2.33. The molecule has 0 aliphatic heterocycles. The predicted octanol–water partition coefficient (Wildman–Crippen LogP) is 3.64. The lowest BCUT2D eigenvalue weighted by atomic mass is 9.98. The van der Waals surface area contributed by atoms with Crippen molar-refractivity contribution in [1.82, 2.24) is 0 Å². The minimum atomic E-state index is -3.78. The number of hydrogen-bond acceptors (Lipinski definition) is 5. The Morgan fingerprint density at radius 3 is 1.48 bits per heavy atom. The summed E-state index contributed by atoms with van der Waals surface area (Å²) in [4.78, 5) is 39.3. The second kappa shape index (κ2) is 12.9. The topological polar surface area (TPSA) is 110 Å². The van der Waals surface area contributed by atoms with Gasteiger partial charge in [-0.05, 0) is 51.4 Å². The summed E-state index contributed by atoms with van der Waals surface area (Å²) >= 11 is 0. The molecular weight excluding hydrogens is 371 g/mol. The van der Waals surface area contributed by atoms with Crippen molar-refractivity contribution in [1.29, 1.82) is 0 Å². The molecule has 27 heavy (non-hydrogen) atoms. The van der Waals surface area contributed by atoms with E-state index in [9.17, 15) is 14.2 Å². The van der Waals surface area contributed by atoms with Gasteiger partial charge < -0.3 is 19.3 Å². The first-order valence-corrected chi connectivity index (χ1v) is 11.3. The van der Waals surface area contributed by atoms with Crippen molar-refractivity contribution in [3.8, 4) is 0 Å². The summed E-state index contributed by atoms with van der Waals surface area (Å²) in [5.41, 5.74) is 0. The number of allylic oxidation sites excluding steroid dienone is 1. The first kappa shape index (κ1) is 23.6. The van der Waals surface area contributed by atoms with Gasteiger partial charge in [0.1, 0.15) is 12.2 Å². The van der Waals surface area contributed by atoms with E-state index in [0.717, 1.165) is 51.4 Å². The van der Waals surface area contributed by atoms with E-state index in [1.807, 2.05) is 0 Å². The molecule has 2 aliphatic rings. The maximum Gasteiger partial charge on any atom is 0.331 e. The van der Waals surface area contributed by atoms with Crippen LogP contribution >= 0.6 is 7.60 Å². The normalized spacial score (nSPS) is 19.0. The van der Waals surface area contributed by atoms with E-state index in [0.29, 0.717) is 0 Å². The van der Waals surface area contributed by atoms with E-state index in [1.165, 1.54) is 31.1 Å². The number of carbonyl (C=O) groups excluding carboxylic acids is 2. The van der Waals surface area contributed by atoms with Gasteiger partial charge in [-0.15, -0.1) is 6.58 Å². The Hall–Kier alpha value is -1.43. The van der Waals surface area contributed by atoms with E-state index >= 15 is 0 Å². The van der Waals surface area contributed by atoms with Crippen molar-refractivity contribution in [3.05, 3.63) is 24.8 Å². The summed E-state index contributed by atoms with van der Waals surface area (Å²) in [6, 6.07) is 0. The van der Waals surface area contributed by atoms with Crippen LogP contribution in [0.4, 0.5) is 0 Å². The Balaban J connectivity index is 0.000000445. The lowest BCUT2D eigenvalue weighted by Gasteiger charge is -2.21. The molecule has 7 nitrogen and oxygen atoms in total. The Bertz CT molecular complexity index is 506. The zero-order valence-electron chi connectivity index (χ0n) is 15.8. The third kappa shape index (κ3) is 12.6. The Labute approximate surface area is 161 Å². The van der Waals surface area contributed by atoms with Gasteiger partial charge in [0.2, 0.25) is 0 Å². The quantitative estimate of drug-likeness (QED) is 0.302. The zero-order chi connectivity index (χ0) is 20.1. The third-order valence-corrected chi connectivity index (χ3v) is 5.13. The largest absolute Gasteiger partial charge is 0.459 e. The van der Waals surface area contributed by atoms with Gasteiger partial charge in [0.25, 0.3) is 0 Å². The summed E-state index contributed by atoms with van der Waals surface area (Å²) in [6.45, 7) is 3.15. The van der Waals surface area contributed by atoms with E-state index in [2.05, 4.69) is 6.58 Å². The molecule has 0 radical (unpaired) electrons. The lowest BCUT2D eigenvalue weighted by molar-refractivity contribution is -0.147. The van der Waals surface area contributed by atoms with Gasteiger partial charge in [0.15, 0.2) is 0 Å². The van der Waals surface area contributed by atoms with Gasteiger partial charge in [0.05, 0.1) is 6.16 Å². The van der Waals surface area contributed by atoms with Crippen LogP contribution in [0.15, 0.2) is 24.8 Å². The SMILES string of the molecule is C=CCP(=O)(O)O.O=C(/C=C\C(=O)OC1CCCCC1)OC1CCCCC1. The standard InChI is InChI=1S/C16H24O4.C3H7O3P/c17-15(19-13-7-3-1-4-8-13)11-12-16(18)20-14-9-5-2-6-10-14;1-2-3-7(4,5)6/h11-14H,1-10H2;2H,1,3H2,(H2,4,5,6)/b12-11-;. The van der Waals surface area contributed by atoms with Crippen LogP contribution in [0, 0.1) is 0 Å². The Morgan fingerprint density at radius 1 is 0.852 bits per heavy atom. The summed E-state index contributed by atoms with van der Waals surface area (Å²) < 4.78 is 20.5. The van der Waals surface area contributed by atoms with Crippen molar-refractivity contribution in [2.45, 2.75) is 76.4 Å². The van der Waals surface area contributed by atoms with Crippen LogP contribution in [0.5, 0.6) is 0 Å². The van der Waals surface area contributed by atoms with Gasteiger partial charge >= 0.3 is 19.5 Å². The number of ether oxygens (including phenoxy) is 2. The van der Waals surface area contributed by atoms with Crippen LogP contribution in [-0.2, 0) is 23.6 Å². The number of rotatable bonds is 6. The zero-order valence-corrected chi connectivity index (χ0v) is 16.6. The van der Waals surface area contributed by atoms with Crippen molar-refractivity contribution < 1.29 is 33.4 Å². The fourth-order valence-electron chi connectivity index (χ4n) is 3.08. The highest BCUT2D eigenvalue weighted by atomic mass is 31.2. The average molecular weight is 402 g/mol. The number of esters is 2. The second-order valence-corrected chi connectivity index (χ2v) is 8.56. The second-order valence-electron chi connectivity index (χ2n) is 6.86. The highest BCUT2D eigenvalue weighted by Gasteiger charge is 2.18. The minimum absolute atomic E-state index is 0.0234. The molecule has 0 aromatic heterocycles. The van der Waals surface area contributed by atoms with Crippen LogP contribution < -0.4 is 0 Å². The predicted molar refractivity (Wildman–Crippen MR) is 102 cm³/mol. The molecule has 0 bridgehead atoms. The average Bonchev–Trinajstić information content (AvgIpc) is 2.61. The maximum atomic E-state index is 11.6. The molecule has 0 aromatic rings. The van der Waals surface area contributed by atoms with Crippen LogP contribution in [0.3, 0.4) is 0 Å². The molecular formula is C19H31O7P. The summed E-state index contributed by atoms with van der Waals surface area (Å²) in [7, 11) is -3.78. The fourth-order valence-corrected chi connectivity index (χ4v) is 3.41. The number of carbonyl (C=O) groups is 2. The van der Waals surface area contributed by atoms with Gasteiger partial charge in [-0.3, -0.25) is 4.57 Å². The molecule has 0 aromatic carbocycles. The summed E-state index contributed by atoms with van der Waals surface area (Å²) in [5, 5.41) is 0. The molecule has 154 valence electrons. The monoisotopic (exact) mass is 402 g/mol. The molecule has 0 saturated heterocycles. The van der Waals surface area contributed by atoms with E-state index in [4.69, 9.17) is 19.3 Å². The molecule has 0 atom stereocenters. The smallest absolute Gasteiger partial charge is 0.331 e. The molecule has 2 aliphatic carbocycles. The van der Waals surface area contributed by atoms with Crippen LogP contribution in [-0.4, -0.2) is 40.1 Å². The van der Waals surface area contributed by atoms with Crippen molar-refractivity contribution in [3.63, 3.8) is 0 Å². The van der Waals surface area contributed by atoms with Crippen molar-refractivity contribution in [2.24, 2.45) is 0 Å². The van der Waals surface area contributed by atoms with Crippen molar-refractivity contribution in [2.75, 3.05) is 6.16 Å². The summed E-state index contributed by atoms with van der Waals surface area (Å²) in [6.07, 6.45) is 14.1. The van der Waals surface area contributed by atoms with E-state index < -0.39 is 19.5 Å². The van der Waals surface area contributed by atoms with Gasteiger partial charge in [-0.1, -0.05) is 18.9 Å². The molecule has 2 saturated carbocycles. The molecule has 2 fully saturated rings. The molecule has 0 unspecified atom stereocenters. The van der Waals surface area contributed by atoms with Crippen LogP contribution in [0.1, 0.15) is 64.2 Å². The van der Waals surface area contributed by atoms with E-state index in [-0.39, 0.29) is 18.4 Å². The van der Waals surface area contributed by atoms with Gasteiger partial charge in [-0.25, -0.2) is 9.59 Å². The fraction of sp³-hybridized carbons (Fsp3) is 0.684. The van der Waals surface area contributed by atoms with Crippen LogP contribution in [0.25, 0.3) is 0 Å². The van der Waals surface area contributed by atoms with Gasteiger partial charge in [-0.2, -0.15) is 0 Å². The maximum absolute atomic E-state index is 11.6. The molecule has 0 amide bonds. The first-order valence-electron chi connectivity index (χ1n) is 9.55. The minimum Gasteiger partial charge on any atom is -0.459 e. The lowest BCUT2D eigenvalue weighted by Crippen LogP contribution is -2.21. The number of hydrogen-bond donors (Lipinski definition) is 2. The summed E-state index contributed by atoms with van der Waals surface area (Å²) in [5.74, 6) is -0.866. The van der Waals surface area contributed by atoms with Crippen molar-refractivity contribution >= 4 is 19.5 Å². The highest BCUT2D eigenvalue weighted by molar-refractivity contribution is 7.51.